The van der Waals surface area contributed by atoms with Crippen molar-refractivity contribution in [1.29, 1.82) is 0 Å². The second-order valence-corrected chi connectivity index (χ2v) is 7.20. The Morgan fingerprint density at radius 1 is 1.29 bits per heavy atom. The largest absolute Gasteiger partial charge is 0.399 e. The Morgan fingerprint density at radius 2 is 1.90 bits per heavy atom. The molecule has 1 aromatic rings. The third-order valence-electron chi connectivity index (χ3n) is 3.78. The van der Waals surface area contributed by atoms with Crippen molar-refractivity contribution in [3.05, 3.63) is 23.8 Å². The highest BCUT2D eigenvalue weighted by Crippen LogP contribution is 2.31. The molecule has 0 bridgehead atoms. The lowest BCUT2D eigenvalue weighted by Crippen LogP contribution is -2.44. The van der Waals surface area contributed by atoms with E-state index in [1.54, 1.807) is 0 Å². The number of nitrogen functional groups attached to an aromatic ring is 1. The monoisotopic (exact) mass is 318 g/mol. The molecule has 7 heteroatoms. The quantitative estimate of drug-likeness (QED) is 0.868. The molecule has 4 nitrogen and oxygen atoms in total. The molecule has 0 radical (unpaired) electrons. The second kappa shape index (κ2) is 6.27. The van der Waals surface area contributed by atoms with Gasteiger partial charge in [0.05, 0.1) is 0 Å². The van der Waals surface area contributed by atoms with Gasteiger partial charge in [0.1, 0.15) is 11.6 Å². The van der Waals surface area contributed by atoms with Gasteiger partial charge in [-0.3, -0.25) is 0 Å². The van der Waals surface area contributed by atoms with Crippen molar-refractivity contribution < 1.29 is 17.2 Å². The van der Waals surface area contributed by atoms with Gasteiger partial charge in [0.2, 0.25) is 10.0 Å². The van der Waals surface area contributed by atoms with Crippen LogP contribution >= 0.6 is 0 Å². The van der Waals surface area contributed by atoms with Crippen molar-refractivity contribution in [2.24, 2.45) is 0 Å². The minimum atomic E-state index is -4.18. The van der Waals surface area contributed by atoms with Gasteiger partial charge in [-0.15, -0.1) is 0 Å². The van der Waals surface area contributed by atoms with E-state index in [-0.39, 0.29) is 11.7 Å². The fourth-order valence-electron chi connectivity index (χ4n) is 2.86. The summed E-state index contributed by atoms with van der Waals surface area (Å²) in [5.41, 5.74) is 5.20. The second-order valence-electron chi connectivity index (χ2n) is 5.37. The van der Waals surface area contributed by atoms with Gasteiger partial charge in [-0.25, -0.2) is 17.2 Å². The molecule has 1 saturated heterocycles. The molecule has 2 rings (SSSR count). The summed E-state index contributed by atoms with van der Waals surface area (Å²) >= 11 is 0. The van der Waals surface area contributed by atoms with Gasteiger partial charge >= 0.3 is 0 Å². The predicted molar refractivity (Wildman–Crippen MR) is 77.2 cm³/mol. The van der Waals surface area contributed by atoms with E-state index in [9.17, 15) is 17.2 Å². The zero-order valence-electron chi connectivity index (χ0n) is 12.0. The third-order valence-corrected chi connectivity index (χ3v) is 5.79. The van der Waals surface area contributed by atoms with Crippen LogP contribution in [-0.2, 0) is 10.0 Å². The molecule has 0 amide bonds. The van der Waals surface area contributed by atoms with Gasteiger partial charge in [-0.2, -0.15) is 4.31 Å². The molecule has 1 atom stereocenters. The number of nitrogens with zero attached hydrogens (tertiary/aromatic N) is 1. The number of rotatable bonds is 4. The van der Waals surface area contributed by atoms with Gasteiger partial charge in [0.15, 0.2) is 4.90 Å². The van der Waals surface area contributed by atoms with Gasteiger partial charge < -0.3 is 5.73 Å². The SMILES string of the molecule is CCCC1CCCCN1S(=O)(=O)c1c(F)cc(N)cc1F. The highest BCUT2D eigenvalue weighted by Gasteiger charge is 2.36. The van der Waals surface area contributed by atoms with E-state index in [1.165, 1.54) is 4.31 Å². The zero-order chi connectivity index (χ0) is 15.6. The van der Waals surface area contributed by atoms with Crippen LogP contribution in [0.15, 0.2) is 17.0 Å². The first-order chi connectivity index (χ1) is 9.87. The molecule has 1 heterocycles. The topological polar surface area (TPSA) is 63.4 Å². The summed E-state index contributed by atoms with van der Waals surface area (Å²) in [5.74, 6) is -2.26. The molecule has 1 unspecified atom stereocenters. The Labute approximate surface area is 124 Å². The standard InChI is InChI=1S/C14H20F2N2O2S/c1-2-5-11-6-3-4-7-18(11)21(19,20)14-12(15)8-10(17)9-13(14)16/h8-9,11H,2-7,17H2,1H3. The first-order valence-corrected chi connectivity index (χ1v) is 8.58. The molecular formula is C14H20F2N2O2S. The van der Waals surface area contributed by atoms with Crippen LogP contribution in [0.3, 0.4) is 0 Å². The Hall–Kier alpha value is -1.21. The highest BCUT2D eigenvalue weighted by atomic mass is 32.2. The van der Waals surface area contributed by atoms with Crippen LogP contribution in [0.25, 0.3) is 0 Å². The Balaban J connectivity index is 2.45. The molecule has 0 spiro atoms. The molecule has 1 aliphatic rings. The normalized spacial score (nSPS) is 20.6. The van der Waals surface area contributed by atoms with Gasteiger partial charge in [-0.05, 0) is 31.4 Å². The molecular weight excluding hydrogens is 298 g/mol. The Kier molecular flexibility index (Phi) is 4.83. The molecule has 0 aliphatic carbocycles. The number of nitrogens with two attached hydrogens (primary N) is 1. The molecule has 0 aromatic heterocycles. The van der Waals surface area contributed by atoms with E-state index >= 15 is 0 Å². The van der Waals surface area contributed by atoms with E-state index in [1.807, 2.05) is 6.92 Å². The lowest BCUT2D eigenvalue weighted by atomic mass is 10.0. The van der Waals surface area contributed by atoms with Crippen LogP contribution in [0, 0.1) is 11.6 Å². The summed E-state index contributed by atoms with van der Waals surface area (Å²) in [6.45, 7) is 2.26. The summed E-state index contributed by atoms with van der Waals surface area (Å²) < 4.78 is 54.4. The van der Waals surface area contributed by atoms with Crippen LogP contribution in [0.1, 0.15) is 39.0 Å². The summed E-state index contributed by atoms with van der Waals surface area (Å²) in [5, 5.41) is 0. The predicted octanol–water partition coefficient (Wildman–Crippen LogP) is 2.89. The number of halogens is 2. The summed E-state index contributed by atoms with van der Waals surface area (Å²) in [4.78, 5) is -0.889. The highest BCUT2D eigenvalue weighted by molar-refractivity contribution is 7.89. The van der Waals surface area contributed by atoms with Crippen LogP contribution in [0.4, 0.5) is 14.5 Å². The Morgan fingerprint density at radius 3 is 2.48 bits per heavy atom. The number of anilines is 1. The number of piperidine rings is 1. The maximum atomic E-state index is 13.9. The van der Waals surface area contributed by atoms with Gasteiger partial charge in [0.25, 0.3) is 0 Å². The molecule has 0 saturated carbocycles. The Bertz CT molecular complexity index is 594. The fourth-order valence-corrected chi connectivity index (χ4v) is 4.67. The molecule has 1 aromatic carbocycles. The van der Waals surface area contributed by atoms with Crippen molar-refractivity contribution in [1.82, 2.24) is 4.31 Å². The zero-order valence-corrected chi connectivity index (χ0v) is 12.8. The third kappa shape index (κ3) is 3.18. The van der Waals surface area contributed by atoms with Crippen molar-refractivity contribution in [2.75, 3.05) is 12.3 Å². The summed E-state index contributed by atoms with van der Waals surface area (Å²) in [6, 6.07) is 1.49. The maximum absolute atomic E-state index is 13.9. The van der Waals surface area contributed by atoms with E-state index in [0.29, 0.717) is 19.4 Å². The fraction of sp³-hybridized carbons (Fsp3) is 0.571. The minimum Gasteiger partial charge on any atom is -0.399 e. The number of benzene rings is 1. The molecule has 2 N–H and O–H groups in total. The molecule has 1 aliphatic heterocycles. The number of sulfonamides is 1. The van der Waals surface area contributed by atoms with Crippen molar-refractivity contribution in [3.8, 4) is 0 Å². The van der Waals surface area contributed by atoms with E-state index in [2.05, 4.69) is 0 Å². The first kappa shape index (κ1) is 16.2. The summed E-state index contributed by atoms with van der Waals surface area (Å²) in [6.07, 6.45) is 3.88. The van der Waals surface area contributed by atoms with Gasteiger partial charge in [0, 0.05) is 18.3 Å². The van der Waals surface area contributed by atoms with Crippen LogP contribution < -0.4 is 5.73 Å². The van der Waals surface area contributed by atoms with E-state index < -0.39 is 26.6 Å². The van der Waals surface area contributed by atoms with Crippen molar-refractivity contribution in [2.45, 2.75) is 50.0 Å². The first-order valence-electron chi connectivity index (χ1n) is 7.14. The van der Waals surface area contributed by atoms with Crippen LogP contribution in [0.5, 0.6) is 0 Å². The lowest BCUT2D eigenvalue weighted by molar-refractivity contribution is 0.238. The summed E-state index contributed by atoms with van der Waals surface area (Å²) in [7, 11) is -4.18. The average molecular weight is 318 g/mol. The number of hydrogen-bond donors (Lipinski definition) is 1. The average Bonchev–Trinajstić information content (AvgIpc) is 2.37. The maximum Gasteiger partial charge on any atom is 0.249 e. The molecule has 118 valence electrons. The molecule has 1 fully saturated rings. The lowest BCUT2D eigenvalue weighted by Gasteiger charge is -2.34. The van der Waals surface area contributed by atoms with Crippen LogP contribution in [-0.4, -0.2) is 25.3 Å². The van der Waals surface area contributed by atoms with Crippen LogP contribution in [0.2, 0.25) is 0 Å². The molecule has 21 heavy (non-hydrogen) atoms. The van der Waals surface area contributed by atoms with Gasteiger partial charge in [-0.1, -0.05) is 19.8 Å². The van der Waals surface area contributed by atoms with Crippen molar-refractivity contribution >= 4 is 15.7 Å². The number of hydrogen-bond acceptors (Lipinski definition) is 3. The van der Waals surface area contributed by atoms with E-state index in [0.717, 1.165) is 31.4 Å². The minimum absolute atomic E-state index is 0.132. The van der Waals surface area contributed by atoms with E-state index in [4.69, 9.17) is 5.73 Å². The smallest absolute Gasteiger partial charge is 0.249 e. The van der Waals surface area contributed by atoms with Crippen molar-refractivity contribution in [3.63, 3.8) is 0 Å².